The van der Waals surface area contributed by atoms with Gasteiger partial charge in [0.05, 0.1) is 6.54 Å². The highest BCUT2D eigenvalue weighted by molar-refractivity contribution is 6.30. The van der Waals surface area contributed by atoms with Crippen LogP contribution in [0, 0.1) is 0 Å². The third-order valence-corrected chi connectivity index (χ3v) is 5.04. The van der Waals surface area contributed by atoms with Gasteiger partial charge in [0.25, 0.3) is 0 Å². The molecule has 2 amide bonds. The summed E-state index contributed by atoms with van der Waals surface area (Å²) in [6.07, 6.45) is 7.35. The van der Waals surface area contributed by atoms with Gasteiger partial charge in [-0.15, -0.1) is 0 Å². The van der Waals surface area contributed by atoms with Gasteiger partial charge in [-0.25, -0.2) is 0 Å². The number of carbonyl (C=O) groups is 2. The number of halogens is 1. The maximum Gasteiger partial charge on any atom is 0.244 e. The van der Waals surface area contributed by atoms with Gasteiger partial charge in [0.2, 0.25) is 11.8 Å². The first-order chi connectivity index (χ1) is 14.1. The second-order valence-electron chi connectivity index (χ2n) is 6.97. The Kier molecular flexibility index (Phi) is 7.78. The fourth-order valence-electron chi connectivity index (χ4n) is 3.21. The molecule has 2 aromatic rings. The van der Waals surface area contributed by atoms with Crippen molar-refractivity contribution in [2.75, 3.05) is 32.7 Å². The zero-order valence-corrected chi connectivity index (χ0v) is 17.0. The van der Waals surface area contributed by atoms with Crippen LogP contribution < -0.4 is 5.32 Å². The molecule has 2 heterocycles. The number of rotatable bonds is 6. The van der Waals surface area contributed by atoms with Crippen LogP contribution in [-0.2, 0) is 16.1 Å². The van der Waals surface area contributed by atoms with Gasteiger partial charge in [-0.3, -0.25) is 19.5 Å². The predicted octanol–water partition coefficient (Wildman–Crippen LogP) is 2.60. The molecule has 3 rings (SSSR count). The fraction of sp³-hybridized carbons (Fsp3) is 0.318. The molecule has 0 atom stereocenters. The van der Waals surface area contributed by atoms with Gasteiger partial charge >= 0.3 is 0 Å². The minimum atomic E-state index is -0.290. The van der Waals surface area contributed by atoms with Crippen molar-refractivity contribution >= 4 is 29.5 Å². The Morgan fingerprint density at radius 3 is 2.69 bits per heavy atom. The van der Waals surface area contributed by atoms with Crippen LogP contribution in [0.1, 0.15) is 17.5 Å². The summed E-state index contributed by atoms with van der Waals surface area (Å²) in [4.78, 5) is 32.6. The third kappa shape index (κ3) is 7.00. The monoisotopic (exact) mass is 412 g/mol. The number of nitrogens with zero attached hydrogens (tertiary/aromatic N) is 3. The predicted molar refractivity (Wildman–Crippen MR) is 114 cm³/mol. The highest BCUT2D eigenvalue weighted by Gasteiger charge is 2.19. The number of aromatic nitrogens is 1. The molecular weight excluding hydrogens is 388 g/mol. The molecule has 1 aliphatic heterocycles. The summed E-state index contributed by atoms with van der Waals surface area (Å²) in [7, 11) is 0. The lowest BCUT2D eigenvalue weighted by atomic mass is 10.2. The molecule has 0 bridgehead atoms. The first kappa shape index (κ1) is 21.0. The topological polar surface area (TPSA) is 65.5 Å². The smallest absolute Gasteiger partial charge is 0.244 e. The van der Waals surface area contributed by atoms with Crippen LogP contribution >= 0.6 is 11.6 Å². The molecule has 0 saturated carbocycles. The first-order valence-corrected chi connectivity index (χ1v) is 10.1. The van der Waals surface area contributed by atoms with Gasteiger partial charge < -0.3 is 10.2 Å². The number of amides is 2. The largest absolute Gasteiger partial charge is 0.343 e. The van der Waals surface area contributed by atoms with E-state index in [2.05, 4.69) is 15.2 Å². The second kappa shape index (κ2) is 10.7. The SMILES string of the molecule is O=C(/C=C\c1cccnc1)NCC(=O)N1CCCN(Cc2ccc(Cl)cc2)CC1. The highest BCUT2D eigenvalue weighted by Crippen LogP contribution is 2.13. The quantitative estimate of drug-likeness (QED) is 0.740. The Balaban J connectivity index is 1.42. The summed E-state index contributed by atoms with van der Waals surface area (Å²) in [6, 6.07) is 11.5. The first-order valence-electron chi connectivity index (χ1n) is 9.71. The summed E-state index contributed by atoms with van der Waals surface area (Å²) in [5.41, 5.74) is 2.05. The van der Waals surface area contributed by atoms with E-state index in [1.54, 1.807) is 24.5 Å². The van der Waals surface area contributed by atoms with E-state index >= 15 is 0 Å². The van der Waals surface area contributed by atoms with Gasteiger partial charge in [0.15, 0.2) is 0 Å². The van der Waals surface area contributed by atoms with Crippen molar-refractivity contribution in [3.05, 3.63) is 71.0 Å². The molecule has 7 heteroatoms. The number of pyridine rings is 1. The van der Waals surface area contributed by atoms with Crippen molar-refractivity contribution in [1.29, 1.82) is 0 Å². The van der Waals surface area contributed by atoms with E-state index in [0.717, 1.165) is 36.6 Å². The van der Waals surface area contributed by atoms with E-state index in [-0.39, 0.29) is 18.4 Å². The van der Waals surface area contributed by atoms with E-state index in [1.165, 1.54) is 11.6 Å². The molecule has 1 aliphatic rings. The minimum absolute atomic E-state index is 0.00734. The number of hydrogen-bond donors (Lipinski definition) is 1. The molecular formula is C22H25ClN4O2. The van der Waals surface area contributed by atoms with Gasteiger partial charge in [-0.2, -0.15) is 0 Å². The normalized spacial score (nSPS) is 15.3. The lowest BCUT2D eigenvalue weighted by Gasteiger charge is -2.22. The van der Waals surface area contributed by atoms with Gasteiger partial charge in [-0.05, 0) is 41.8 Å². The van der Waals surface area contributed by atoms with Gasteiger partial charge in [0.1, 0.15) is 0 Å². The zero-order valence-electron chi connectivity index (χ0n) is 16.3. The van der Waals surface area contributed by atoms with Crippen molar-refractivity contribution in [3.63, 3.8) is 0 Å². The number of nitrogens with one attached hydrogen (secondary N) is 1. The average Bonchev–Trinajstić information content (AvgIpc) is 2.98. The van der Waals surface area contributed by atoms with Crippen LogP contribution in [0.25, 0.3) is 6.08 Å². The molecule has 152 valence electrons. The van der Waals surface area contributed by atoms with Crippen molar-refractivity contribution in [3.8, 4) is 0 Å². The van der Waals surface area contributed by atoms with Crippen LogP contribution in [0.5, 0.6) is 0 Å². The standard InChI is InChI=1S/C22H25ClN4O2/c23-20-7-4-19(5-8-20)17-26-11-2-12-27(14-13-26)22(29)16-25-21(28)9-6-18-3-1-10-24-15-18/h1,3-10,15H,2,11-14,16-17H2,(H,25,28)/b9-6-. The van der Waals surface area contributed by atoms with Gasteiger partial charge in [-0.1, -0.05) is 29.8 Å². The van der Waals surface area contributed by atoms with Crippen molar-refractivity contribution in [2.24, 2.45) is 0 Å². The van der Waals surface area contributed by atoms with Crippen molar-refractivity contribution in [1.82, 2.24) is 20.1 Å². The average molecular weight is 413 g/mol. The van der Waals surface area contributed by atoms with Crippen LogP contribution in [0.3, 0.4) is 0 Å². The Hall–Kier alpha value is -2.70. The van der Waals surface area contributed by atoms with Crippen LogP contribution in [0.2, 0.25) is 5.02 Å². The molecule has 1 N–H and O–H groups in total. The number of hydrogen-bond acceptors (Lipinski definition) is 4. The summed E-state index contributed by atoms with van der Waals surface area (Å²) in [5, 5.41) is 3.40. The molecule has 0 unspecified atom stereocenters. The van der Waals surface area contributed by atoms with E-state index in [9.17, 15) is 9.59 Å². The van der Waals surface area contributed by atoms with E-state index in [0.29, 0.717) is 13.1 Å². The lowest BCUT2D eigenvalue weighted by molar-refractivity contribution is -0.131. The molecule has 29 heavy (non-hydrogen) atoms. The van der Waals surface area contributed by atoms with Crippen LogP contribution in [0.15, 0.2) is 54.9 Å². The maximum atomic E-state index is 12.5. The number of carbonyl (C=O) groups excluding carboxylic acids is 2. The van der Waals surface area contributed by atoms with Gasteiger partial charge in [0, 0.05) is 56.2 Å². The Bertz CT molecular complexity index is 840. The highest BCUT2D eigenvalue weighted by atomic mass is 35.5. The summed E-state index contributed by atoms with van der Waals surface area (Å²) >= 11 is 5.94. The Morgan fingerprint density at radius 1 is 1.10 bits per heavy atom. The van der Waals surface area contributed by atoms with Crippen LogP contribution in [-0.4, -0.2) is 59.3 Å². The second-order valence-corrected chi connectivity index (χ2v) is 7.41. The molecule has 0 spiro atoms. The van der Waals surface area contributed by atoms with Crippen molar-refractivity contribution in [2.45, 2.75) is 13.0 Å². The Labute approximate surface area is 176 Å². The minimum Gasteiger partial charge on any atom is -0.343 e. The molecule has 1 aromatic carbocycles. The zero-order chi connectivity index (χ0) is 20.5. The maximum absolute atomic E-state index is 12.5. The summed E-state index contributed by atoms with van der Waals surface area (Å²) in [5.74, 6) is -0.345. The van der Waals surface area contributed by atoms with E-state index in [1.807, 2.05) is 35.2 Å². The lowest BCUT2D eigenvalue weighted by Crippen LogP contribution is -2.41. The fourth-order valence-corrected chi connectivity index (χ4v) is 3.33. The Morgan fingerprint density at radius 2 is 1.93 bits per heavy atom. The molecule has 0 aliphatic carbocycles. The van der Waals surface area contributed by atoms with Crippen molar-refractivity contribution < 1.29 is 9.59 Å². The summed E-state index contributed by atoms with van der Waals surface area (Å²) < 4.78 is 0. The number of benzene rings is 1. The molecule has 1 saturated heterocycles. The summed E-state index contributed by atoms with van der Waals surface area (Å²) in [6.45, 7) is 3.96. The molecule has 0 radical (unpaired) electrons. The van der Waals surface area contributed by atoms with E-state index < -0.39 is 0 Å². The van der Waals surface area contributed by atoms with E-state index in [4.69, 9.17) is 11.6 Å². The molecule has 1 aromatic heterocycles. The molecule has 1 fully saturated rings. The third-order valence-electron chi connectivity index (χ3n) is 4.79. The molecule has 6 nitrogen and oxygen atoms in total. The van der Waals surface area contributed by atoms with Crippen LogP contribution in [0.4, 0.5) is 0 Å².